The zero-order valence-electron chi connectivity index (χ0n) is 73.6. The molecule has 0 unspecified atom stereocenters. The highest BCUT2D eigenvalue weighted by molar-refractivity contribution is 7.00. The average molecular weight is 1570 g/mol. The Bertz CT molecular complexity index is 6770. The fraction of sp³-hybridized carbons (Fsp3) is 0.224. The van der Waals surface area contributed by atoms with Crippen LogP contribution >= 0.6 is 0 Å². The molecule has 3 aliphatic rings. The molecule has 121 heavy (non-hydrogen) atoms. The Kier molecular flexibility index (Phi) is 17.9. The van der Waals surface area contributed by atoms with Gasteiger partial charge in [-0.25, -0.2) is 0 Å². The van der Waals surface area contributed by atoms with Gasteiger partial charge in [0.1, 0.15) is 11.2 Å². The molecule has 2 aromatic heterocycles. The predicted octanol–water partition coefficient (Wildman–Crippen LogP) is 30.0. The summed E-state index contributed by atoms with van der Waals surface area (Å²) >= 11 is 0. The van der Waals surface area contributed by atoms with E-state index in [4.69, 9.17) is 4.42 Å². The highest BCUT2D eigenvalue weighted by atomic mass is 16.3. The van der Waals surface area contributed by atoms with Crippen molar-refractivity contribution >= 4 is 101 Å². The van der Waals surface area contributed by atoms with Crippen LogP contribution in [0.5, 0.6) is 0 Å². The van der Waals surface area contributed by atoms with Gasteiger partial charge in [-0.05, 0) is 229 Å². The number of benzene rings is 15. The third kappa shape index (κ3) is 13.1. The van der Waals surface area contributed by atoms with Crippen LogP contribution in [0.1, 0.15) is 192 Å². The van der Waals surface area contributed by atoms with Crippen molar-refractivity contribution in [2.75, 3.05) is 9.80 Å². The molecular formula is C116H108BN3O. The molecule has 15 aromatic carbocycles. The minimum Gasteiger partial charge on any atom is -0.456 e. The van der Waals surface area contributed by atoms with Crippen LogP contribution in [0.3, 0.4) is 0 Å². The van der Waals surface area contributed by atoms with Gasteiger partial charge in [0.15, 0.2) is 0 Å². The minimum atomic E-state index is -0.342. The van der Waals surface area contributed by atoms with Gasteiger partial charge in [0.2, 0.25) is 0 Å². The van der Waals surface area contributed by atoms with Gasteiger partial charge in [-0.2, -0.15) is 0 Å². The number of rotatable bonds is 9. The molecular weight excluding hydrogens is 1460 g/mol. The molecule has 0 amide bonds. The maximum absolute atomic E-state index is 6.85. The molecule has 0 spiro atoms. The number of hydrogen-bond donors (Lipinski definition) is 0. The molecule has 1 aliphatic carbocycles. The first-order valence-electron chi connectivity index (χ1n) is 43.7. The van der Waals surface area contributed by atoms with E-state index in [1.54, 1.807) is 0 Å². The monoisotopic (exact) mass is 1570 g/mol. The minimum absolute atomic E-state index is 0.0824. The second-order valence-electron chi connectivity index (χ2n) is 40.9. The summed E-state index contributed by atoms with van der Waals surface area (Å²) in [6.07, 6.45) is 0.849. The molecule has 0 bridgehead atoms. The predicted molar refractivity (Wildman–Crippen MR) is 518 cm³/mol. The number of hydrogen-bond acceptors (Lipinski definition) is 3. The summed E-state index contributed by atoms with van der Waals surface area (Å²) < 4.78 is 9.38. The van der Waals surface area contributed by atoms with Crippen molar-refractivity contribution in [1.82, 2.24) is 4.57 Å². The van der Waals surface area contributed by atoms with E-state index in [0.29, 0.717) is 0 Å². The van der Waals surface area contributed by atoms with Crippen molar-refractivity contribution in [3.63, 3.8) is 0 Å². The summed E-state index contributed by atoms with van der Waals surface area (Å²) in [6, 6.07) is 121. The number of anilines is 6. The van der Waals surface area contributed by atoms with Gasteiger partial charge in [0.25, 0.3) is 6.71 Å². The van der Waals surface area contributed by atoms with Gasteiger partial charge in [0, 0.05) is 78.2 Å². The standard InChI is InChI=1S/C116H108BN3O/c1-111(2,3)79-51-42-71(43-52-79)92-66-83(115(13,14)15)67-93(72-44-53-80(54-45-72)112(4,5)6)109(92)119-100-61-50-77(88-37-29-41-105-107(88)91-36-25-28-40-104(91)121-105)63-97(100)117-96-60-59-85(118-98-38-26-23-34-89(98)90-35-24-27-39-99(90)118)70-101(96)120(103-65-78(64-102(119)108(103)117)106-86-32-21-19-30-75(86)62-76-31-20-22-33-87(76)106)110-94(73-46-55-81(56-47-73)113(7,8)9)68-84(116(16,17)18)69-95(110)74-48-57-82(58-49-74)114(10,11)12/h19-61,63-70,106H,62H2,1-18H3. The number of fused-ring (bicyclic) bond motifs is 12. The van der Waals surface area contributed by atoms with E-state index in [1.807, 2.05) is 0 Å². The van der Waals surface area contributed by atoms with Gasteiger partial charge in [-0.3, -0.25) is 0 Å². The third-order valence-electron chi connectivity index (χ3n) is 26.7. The average Bonchev–Trinajstić information content (AvgIpc) is 1.10. The second kappa shape index (κ2) is 28.1. The van der Waals surface area contributed by atoms with Crippen molar-refractivity contribution in [2.45, 2.75) is 169 Å². The Hall–Kier alpha value is -12.4. The van der Waals surface area contributed by atoms with Crippen LogP contribution in [0.4, 0.5) is 34.1 Å². The van der Waals surface area contributed by atoms with Gasteiger partial charge < -0.3 is 18.8 Å². The first kappa shape index (κ1) is 77.2. The van der Waals surface area contributed by atoms with Gasteiger partial charge in [0.05, 0.1) is 22.4 Å². The zero-order chi connectivity index (χ0) is 83.9. The summed E-state index contributed by atoms with van der Waals surface area (Å²) in [5, 5.41) is 4.65. The van der Waals surface area contributed by atoms with E-state index in [2.05, 4.69) is 448 Å². The quantitative estimate of drug-likeness (QED) is 0.135. The topological polar surface area (TPSA) is 24.6 Å². The molecule has 17 aromatic rings. The Morgan fingerprint density at radius 2 is 0.678 bits per heavy atom. The molecule has 20 rings (SSSR count). The lowest BCUT2D eigenvalue weighted by Crippen LogP contribution is -2.61. The molecule has 4 nitrogen and oxygen atoms in total. The van der Waals surface area contributed by atoms with Crippen LogP contribution in [0.2, 0.25) is 0 Å². The number of aromatic nitrogens is 1. The molecule has 0 radical (unpaired) electrons. The SMILES string of the molecule is CC(C)(C)c1ccc(-c2cc(C(C)(C)C)cc(-c3ccc(C(C)(C)C)cc3)c2N2c3ccc(-c4cccc5oc6ccccc6c45)cc3B3c4ccc(-n5c6ccccc6c6ccccc65)cc4N(c4c(-c5ccc(C(C)(C)C)cc5)cc(C(C)(C)C)cc4-c4ccc(C(C)(C)C)cc4)c4cc(C5c6ccccc6Cc6ccccc65)cc2c43)cc1. The largest absolute Gasteiger partial charge is 0.456 e. The van der Waals surface area contributed by atoms with Crippen molar-refractivity contribution in [3.05, 3.63) is 371 Å². The fourth-order valence-electron chi connectivity index (χ4n) is 20.0. The zero-order valence-corrected chi connectivity index (χ0v) is 73.6. The van der Waals surface area contributed by atoms with Crippen molar-refractivity contribution in [2.24, 2.45) is 0 Å². The lowest BCUT2D eigenvalue weighted by atomic mass is 9.33. The maximum Gasteiger partial charge on any atom is 0.252 e. The molecule has 0 N–H and O–H groups in total. The lowest BCUT2D eigenvalue weighted by Gasteiger charge is -2.47. The molecule has 0 atom stereocenters. The van der Waals surface area contributed by atoms with Crippen LogP contribution in [0.15, 0.2) is 314 Å². The van der Waals surface area contributed by atoms with Crippen LogP contribution in [-0.4, -0.2) is 11.3 Å². The van der Waals surface area contributed by atoms with E-state index in [0.717, 1.165) is 124 Å². The molecule has 0 saturated heterocycles. The highest BCUT2D eigenvalue weighted by Crippen LogP contribution is 2.57. The first-order valence-corrected chi connectivity index (χ1v) is 43.7. The van der Waals surface area contributed by atoms with E-state index in [9.17, 15) is 0 Å². The van der Waals surface area contributed by atoms with Crippen LogP contribution in [-0.2, 0) is 38.9 Å². The fourth-order valence-corrected chi connectivity index (χ4v) is 20.0. The summed E-state index contributed by atoms with van der Waals surface area (Å²) in [5.74, 6) is -0.168. The van der Waals surface area contributed by atoms with E-state index < -0.39 is 0 Å². The number of furan rings is 1. The Balaban J connectivity index is 1.01. The molecule has 2 aliphatic heterocycles. The molecule has 596 valence electrons. The van der Waals surface area contributed by atoms with Crippen molar-refractivity contribution < 1.29 is 4.42 Å². The summed E-state index contributed by atoms with van der Waals surface area (Å²) in [7, 11) is 0. The maximum atomic E-state index is 6.85. The Morgan fingerprint density at radius 3 is 1.12 bits per heavy atom. The van der Waals surface area contributed by atoms with Crippen LogP contribution in [0, 0.1) is 0 Å². The first-order chi connectivity index (χ1) is 57.8. The van der Waals surface area contributed by atoms with Gasteiger partial charge >= 0.3 is 0 Å². The van der Waals surface area contributed by atoms with Gasteiger partial charge in [-0.15, -0.1) is 0 Å². The molecule has 5 heteroatoms. The smallest absolute Gasteiger partial charge is 0.252 e. The third-order valence-corrected chi connectivity index (χ3v) is 26.7. The highest BCUT2D eigenvalue weighted by Gasteiger charge is 2.47. The van der Waals surface area contributed by atoms with Gasteiger partial charge in [-0.1, -0.05) is 355 Å². The normalized spacial score (nSPS) is 13.8. The molecule has 0 saturated carbocycles. The second-order valence-corrected chi connectivity index (χ2v) is 40.9. The lowest BCUT2D eigenvalue weighted by molar-refractivity contribution is 0.589. The van der Waals surface area contributed by atoms with Crippen molar-refractivity contribution in [1.29, 1.82) is 0 Å². The molecule has 0 fully saturated rings. The van der Waals surface area contributed by atoms with E-state index in [-0.39, 0.29) is 45.1 Å². The Labute approximate surface area is 716 Å². The molecule has 4 heterocycles. The number of nitrogens with zero attached hydrogens (tertiary/aromatic N) is 3. The van der Waals surface area contributed by atoms with Crippen LogP contribution < -0.4 is 26.2 Å². The number of para-hydroxylation sites is 3. The summed E-state index contributed by atoms with van der Waals surface area (Å²) in [5.41, 5.74) is 40.6. The Morgan fingerprint density at radius 1 is 0.289 bits per heavy atom. The summed E-state index contributed by atoms with van der Waals surface area (Å²) in [6.45, 7) is 42.0. The van der Waals surface area contributed by atoms with Crippen LogP contribution in [0.25, 0.3) is 105 Å². The van der Waals surface area contributed by atoms with Crippen molar-refractivity contribution in [3.8, 4) is 61.3 Å². The van der Waals surface area contributed by atoms with E-state index >= 15 is 0 Å². The van der Waals surface area contributed by atoms with E-state index in [1.165, 1.54) is 99.5 Å². The summed E-state index contributed by atoms with van der Waals surface area (Å²) in [4.78, 5) is 5.60.